The summed E-state index contributed by atoms with van der Waals surface area (Å²) >= 11 is 5.13. The van der Waals surface area contributed by atoms with Gasteiger partial charge in [-0.3, -0.25) is 4.98 Å². The Labute approximate surface area is 117 Å². The molecule has 1 aromatic carbocycles. The third-order valence-corrected chi connectivity index (χ3v) is 4.08. The van der Waals surface area contributed by atoms with E-state index >= 15 is 0 Å². The maximum absolute atomic E-state index is 5.75. The molecule has 2 nitrogen and oxygen atoms in total. The summed E-state index contributed by atoms with van der Waals surface area (Å²) in [4.78, 5) is 4.08. The highest BCUT2D eigenvalue weighted by Gasteiger charge is 2.04. The Morgan fingerprint density at radius 1 is 1.22 bits per heavy atom. The number of nitrogens with zero attached hydrogens (tertiary/aromatic N) is 1. The van der Waals surface area contributed by atoms with E-state index in [0.717, 1.165) is 10.2 Å². The van der Waals surface area contributed by atoms with Crippen LogP contribution in [0, 0.1) is 0 Å². The van der Waals surface area contributed by atoms with Crippen molar-refractivity contribution < 1.29 is 4.74 Å². The average Bonchev–Trinajstić information content (AvgIpc) is 2.80. The van der Waals surface area contributed by atoms with E-state index in [4.69, 9.17) is 4.74 Å². The Morgan fingerprint density at radius 2 is 2.11 bits per heavy atom. The van der Waals surface area contributed by atoms with Crippen LogP contribution < -0.4 is 4.74 Å². The zero-order valence-electron chi connectivity index (χ0n) is 9.47. The van der Waals surface area contributed by atoms with Crippen molar-refractivity contribution in [2.75, 3.05) is 0 Å². The van der Waals surface area contributed by atoms with Crippen LogP contribution in [-0.4, -0.2) is 4.98 Å². The molecule has 3 rings (SSSR count). The van der Waals surface area contributed by atoms with E-state index in [0.29, 0.717) is 6.61 Å². The Kier molecular flexibility index (Phi) is 3.30. The van der Waals surface area contributed by atoms with Gasteiger partial charge in [0.25, 0.3) is 0 Å². The van der Waals surface area contributed by atoms with Crippen molar-refractivity contribution in [3.8, 4) is 5.75 Å². The van der Waals surface area contributed by atoms with E-state index in [1.807, 2.05) is 6.07 Å². The van der Waals surface area contributed by atoms with Gasteiger partial charge in [-0.15, -0.1) is 11.3 Å². The number of rotatable bonds is 3. The van der Waals surface area contributed by atoms with Crippen molar-refractivity contribution in [2.24, 2.45) is 0 Å². The van der Waals surface area contributed by atoms with Crippen molar-refractivity contribution in [3.63, 3.8) is 0 Å². The largest absolute Gasteiger partial charge is 0.487 e. The van der Waals surface area contributed by atoms with E-state index < -0.39 is 0 Å². The quantitative estimate of drug-likeness (QED) is 0.701. The van der Waals surface area contributed by atoms with E-state index in [1.165, 1.54) is 15.6 Å². The Morgan fingerprint density at radius 3 is 3.00 bits per heavy atom. The van der Waals surface area contributed by atoms with Crippen LogP contribution in [0.4, 0.5) is 0 Å². The minimum atomic E-state index is 0.572. The molecule has 0 fully saturated rings. The summed E-state index contributed by atoms with van der Waals surface area (Å²) in [6, 6.07) is 10.3. The first-order valence-corrected chi connectivity index (χ1v) is 7.18. The van der Waals surface area contributed by atoms with Gasteiger partial charge in [0.1, 0.15) is 12.4 Å². The first-order chi connectivity index (χ1) is 8.83. The fraction of sp³-hybridized carbons (Fsp3) is 0.0714. The summed E-state index contributed by atoms with van der Waals surface area (Å²) in [6.45, 7) is 0.572. The molecule has 0 bridgehead atoms. The molecule has 0 amide bonds. The SMILES string of the molecule is Brc1cncc(OCc2csc3ccccc23)c1. The number of aromatic nitrogens is 1. The van der Waals surface area contributed by atoms with Gasteiger partial charge in [0, 0.05) is 20.9 Å². The minimum Gasteiger partial charge on any atom is -0.487 e. The van der Waals surface area contributed by atoms with Crippen molar-refractivity contribution in [1.29, 1.82) is 0 Å². The fourth-order valence-corrected chi connectivity index (χ4v) is 3.07. The van der Waals surface area contributed by atoms with Crippen LogP contribution in [0.2, 0.25) is 0 Å². The summed E-state index contributed by atoms with van der Waals surface area (Å²) in [6.07, 6.45) is 3.46. The first-order valence-electron chi connectivity index (χ1n) is 5.51. The third-order valence-electron chi connectivity index (χ3n) is 2.64. The molecule has 0 radical (unpaired) electrons. The standard InChI is InChI=1S/C14H10BrNOS/c15-11-5-12(7-16-6-11)17-8-10-9-18-14-4-2-1-3-13(10)14/h1-7,9H,8H2. The normalized spacial score (nSPS) is 10.7. The first kappa shape index (κ1) is 11.7. The van der Waals surface area contributed by atoms with Crippen molar-refractivity contribution >= 4 is 37.4 Å². The van der Waals surface area contributed by atoms with Gasteiger partial charge in [-0.25, -0.2) is 0 Å². The number of halogens is 1. The molecule has 18 heavy (non-hydrogen) atoms. The smallest absolute Gasteiger partial charge is 0.139 e. The molecule has 0 saturated carbocycles. The molecular weight excluding hydrogens is 310 g/mol. The molecule has 0 N–H and O–H groups in total. The fourth-order valence-electron chi connectivity index (χ4n) is 1.78. The number of hydrogen-bond donors (Lipinski definition) is 0. The molecule has 0 aliphatic heterocycles. The summed E-state index contributed by atoms with van der Waals surface area (Å²) in [5.41, 5.74) is 1.22. The molecule has 0 atom stereocenters. The predicted molar refractivity (Wildman–Crippen MR) is 78.1 cm³/mol. The van der Waals surface area contributed by atoms with Crippen LogP contribution in [0.25, 0.3) is 10.1 Å². The molecule has 0 unspecified atom stereocenters. The monoisotopic (exact) mass is 319 g/mol. The molecular formula is C14H10BrNOS. The second-order valence-corrected chi connectivity index (χ2v) is 5.71. The number of pyridine rings is 1. The number of thiophene rings is 1. The molecule has 3 aromatic rings. The summed E-state index contributed by atoms with van der Waals surface area (Å²) < 4.78 is 7.97. The van der Waals surface area contributed by atoms with Crippen LogP contribution in [-0.2, 0) is 6.61 Å². The maximum Gasteiger partial charge on any atom is 0.139 e. The van der Waals surface area contributed by atoms with Gasteiger partial charge in [0.15, 0.2) is 0 Å². The van der Waals surface area contributed by atoms with Gasteiger partial charge >= 0.3 is 0 Å². The number of benzene rings is 1. The number of ether oxygens (including phenoxy) is 1. The third kappa shape index (κ3) is 2.40. The van der Waals surface area contributed by atoms with Gasteiger partial charge in [0.05, 0.1) is 6.20 Å². The van der Waals surface area contributed by atoms with Crippen LogP contribution in [0.3, 0.4) is 0 Å². The molecule has 2 aromatic heterocycles. The minimum absolute atomic E-state index is 0.572. The highest BCUT2D eigenvalue weighted by molar-refractivity contribution is 9.10. The Hall–Kier alpha value is -1.39. The van der Waals surface area contributed by atoms with Crippen LogP contribution in [0.15, 0.2) is 52.6 Å². The van der Waals surface area contributed by atoms with Crippen LogP contribution >= 0.6 is 27.3 Å². The molecule has 4 heteroatoms. The Bertz CT molecular complexity index is 680. The molecule has 0 aliphatic carbocycles. The van der Waals surface area contributed by atoms with Crippen LogP contribution in [0.5, 0.6) is 5.75 Å². The Balaban J connectivity index is 1.81. The van der Waals surface area contributed by atoms with Crippen molar-refractivity contribution in [3.05, 3.63) is 58.1 Å². The van der Waals surface area contributed by atoms with Crippen molar-refractivity contribution in [2.45, 2.75) is 6.61 Å². The molecule has 90 valence electrons. The summed E-state index contributed by atoms with van der Waals surface area (Å²) in [5.74, 6) is 0.777. The zero-order valence-corrected chi connectivity index (χ0v) is 11.9. The van der Waals surface area contributed by atoms with Gasteiger partial charge in [-0.2, -0.15) is 0 Å². The lowest BCUT2D eigenvalue weighted by Gasteiger charge is -2.05. The lowest BCUT2D eigenvalue weighted by atomic mass is 10.2. The zero-order chi connectivity index (χ0) is 12.4. The van der Waals surface area contributed by atoms with Crippen molar-refractivity contribution in [1.82, 2.24) is 4.98 Å². The highest BCUT2D eigenvalue weighted by Crippen LogP contribution is 2.27. The highest BCUT2D eigenvalue weighted by atomic mass is 79.9. The molecule has 0 aliphatic rings. The van der Waals surface area contributed by atoms with Gasteiger partial charge < -0.3 is 4.74 Å². The molecule has 0 saturated heterocycles. The van der Waals surface area contributed by atoms with E-state index in [9.17, 15) is 0 Å². The lowest BCUT2D eigenvalue weighted by molar-refractivity contribution is 0.306. The van der Waals surface area contributed by atoms with E-state index in [1.54, 1.807) is 23.7 Å². The number of fused-ring (bicyclic) bond motifs is 1. The topological polar surface area (TPSA) is 22.1 Å². The van der Waals surface area contributed by atoms with Crippen LogP contribution in [0.1, 0.15) is 5.56 Å². The van der Waals surface area contributed by atoms with Gasteiger partial charge in [-0.1, -0.05) is 18.2 Å². The van der Waals surface area contributed by atoms with Gasteiger partial charge in [-0.05, 0) is 38.8 Å². The summed E-state index contributed by atoms with van der Waals surface area (Å²) in [7, 11) is 0. The molecule has 2 heterocycles. The van der Waals surface area contributed by atoms with E-state index in [-0.39, 0.29) is 0 Å². The molecule has 0 spiro atoms. The predicted octanol–water partition coefficient (Wildman–Crippen LogP) is 4.64. The average molecular weight is 320 g/mol. The van der Waals surface area contributed by atoms with Gasteiger partial charge in [0.2, 0.25) is 0 Å². The second kappa shape index (κ2) is 5.08. The summed E-state index contributed by atoms with van der Waals surface area (Å²) in [5, 5.41) is 3.42. The lowest BCUT2D eigenvalue weighted by Crippen LogP contribution is -1.94. The van der Waals surface area contributed by atoms with E-state index in [2.05, 4.69) is 50.6 Å². The number of hydrogen-bond acceptors (Lipinski definition) is 3. The second-order valence-electron chi connectivity index (χ2n) is 3.88. The maximum atomic E-state index is 5.75.